The van der Waals surface area contributed by atoms with E-state index in [1.54, 1.807) is 34.1 Å². The van der Waals surface area contributed by atoms with E-state index in [0.29, 0.717) is 25.4 Å². The third kappa shape index (κ3) is 3.51. The van der Waals surface area contributed by atoms with Crippen LogP contribution in [0.1, 0.15) is 11.1 Å². The Morgan fingerprint density at radius 1 is 1.26 bits per heavy atom. The molecule has 0 unspecified atom stereocenters. The summed E-state index contributed by atoms with van der Waals surface area (Å²) in [5.41, 5.74) is 3.89. The number of aryl methyl sites for hydroxylation is 1. The molecular formula is C21H21N3O3. The lowest BCUT2D eigenvalue weighted by atomic mass is 9.98. The molecule has 3 aromatic rings. The van der Waals surface area contributed by atoms with Crippen LogP contribution in [0.15, 0.2) is 54.9 Å². The monoisotopic (exact) mass is 363 g/mol. The fraction of sp³-hybridized carbons (Fsp3) is 0.238. The zero-order chi connectivity index (χ0) is 18.8. The zero-order valence-corrected chi connectivity index (χ0v) is 15.1. The van der Waals surface area contributed by atoms with E-state index in [1.807, 2.05) is 37.3 Å². The van der Waals surface area contributed by atoms with Gasteiger partial charge in [-0.2, -0.15) is 5.10 Å². The normalized spacial score (nSPS) is 13.6. The van der Waals surface area contributed by atoms with Gasteiger partial charge in [0, 0.05) is 24.5 Å². The summed E-state index contributed by atoms with van der Waals surface area (Å²) in [4.78, 5) is 14.4. The molecule has 0 aliphatic carbocycles. The van der Waals surface area contributed by atoms with E-state index in [2.05, 4.69) is 5.10 Å². The van der Waals surface area contributed by atoms with Crippen molar-refractivity contribution in [2.45, 2.75) is 20.0 Å². The van der Waals surface area contributed by atoms with Crippen LogP contribution in [0, 0.1) is 6.92 Å². The molecule has 1 aromatic heterocycles. The first-order valence-corrected chi connectivity index (χ1v) is 8.92. The zero-order valence-electron chi connectivity index (χ0n) is 15.1. The SMILES string of the molecule is Cc1ccccc1-c1cc(O)c2c(c1)CN(C(=O)Cn1cccn1)CCO2. The highest BCUT2D eigenvalue weighted by atomic mass is 16.5. The molecule has 6 heteroatoms. The minimum atomic E-state index is -0.0315. The highest BCUT2D eigenvalue weighted by Gasteiger charge is 2.23. The van der Waals surface area contributed by atoms with Crippen molar-refractivity contribution in [2.24, 2.45) is 0 Å². The second-order valence-corrected chi connectivity index (χ2v) is 6.67. The number of carbonyl (C=O) groups excluding carboxylic acids is 1. The van der Waals surface area contributed by atoms with Gasteiger partial charge in [0.05, 0.1) is 6.54 Å². The number of aromatic nitrogens is 2. The number of benzene rings is 2. The number of nitrogens with zero attached hydrogens (tertiary/aromatic N) is 3. The highest BCUT2D eigenvalue weighted by Crippen LogP contribution is 2.38. The van der Waals surface area contributed by atoms with Crippen LogP contribution in [0.5, 0.6) is 11.5 Å². The molecule has 0 radical (unpaired) electrons. The van der Waals surface area contributed by atoms with Crippen molar-refractivity contribution in [1.29, 1.82) is 0 Å². The Bertz CT molecular complexity index is 967. The molecule has 1 aliphatic rings. The summed E-state index contributed by atoms with van der Waals surface area (Å²) in [6, 6.07) is 13.5. The average molecular weight is 363 g/mol. The third-order valence-corrected chi connectivity index (χ3v) is 4.78. The maximum atomic E-state index is 12.7. The van der Waals surface area contributed by atoms with Crippen LogP contribution in [0.3, 0.4) is 0 Å². The number of amides is 1. The van der Waals surface area contributed by atoms with E-state index in [0.717, 1.165) is 22.3 Å². The van der Waals surface area contributed by atoms with Crippen molar-refractivity contribution in [3.05, 3.63) is 66.0 Å². The Morgan fingerprint density at radius 2 is 2.11 bits per heavy atom. The van der Waals surface area contributed by atoms with Crippen LogP contribution in [0.25, 0.3) is 11.1 Å². The van der Waals surface area contributed by atoms with E-state index < -0.39 is 0 Å². The van der Waals surface area contributed by atoms with Crippen molar-refractivity contribution >= 4 is 5.91 Å². The molecule has 6 nitrogen and oxygen atoms in total. The topological polar surface area (TPSA) is 67.6 Å². The smallest absolute Gasteiger partial charge is 0.244 e. The predicted molar refractivity (Wildman–Crippen MR) is 101 cm³/mol. The number of fused-ring (bicyclic) bond motifs is 1. The van der Waals surface area contributed by atoms with Crippen LogP contribution >= 0.6 is 0 Å². The molecule has 0 spiro atoms. The van der Waals surface area contributed by atoms with E-state index in [4.69, 9.17) is 4.74 Å². The molecule has 4 rings (SSSR count). The molecule has 2 heterocycles. The van der Waals surface area contributed by atoms with Gasteiger partial charge >= 0.3 is 0 Å². The standard InChI is InChI=1S/C21H21N3O3/c1-15-5-2-3-6-18(15)16-11-17-13-23(9-10-27-21(17)19(25)12-16)20(26)14-24-8-4-7-22-24/h2-8,11-12,25H,9-10,13-14H2,1H3. The van der Waals surface area contributed by atoms with Gasteiger partial charge in [0.15, 0.2) is 11.5 Å². The van der Waals surface area contributed by atoms with Crippen LogP contribution < -0.4 is 4.74 Å². The van der Waals surface area contributed by atoms with Crippen molar-refractivity contribution < 1.29 is 14.6 Å². The Labute approximate surface area is 157 Å². The molecule has 0 saturated heterocycles. The van der Waals surface area contributed by atoms with Crippen molar-refractivity contribution in [2.75, 3.05) is 13.2 Å². The molecule has 0 bridgehead atoms. The quantitative estimate of drug-likeness (QED) is 0.777. The van der Waals surface area contributed by atoms with E-state index >= 15 is 0 Å². The van der Waals surface area contributed by atoms with Gasteiger partial charge in [-0.25, -0.2) is 0 Å². The van der Waals surface area contributed by atoms with Crippen LogP contribution in [-0.4, -0.2) is 38.8 Å². The van der Waals surface area contributed by atoms with Crippen molar-refractivity contribution in [3.63, 3.8) is 0 Å². The maximum absolute atomic E-state index is 12.7. The Kier molecular flexibility index (Phi) is 4.54. The number of hydrogen-bond donors (Lipinski definition) is 1. The highest BCUT2D eigenvalue weighted by molar-refractivity contribution is 5.77. The molecule has 1 aliphatic heterocycles. The number of rotatable bonds is 3. The molecule has 1 amide bonds. The predicted octanol–water partition coefficient (Wildman–Crippen LogP) is 2.99. The second-order valence-electron chi connectivity index (χ2n) is 6.67. The summed E-state index contributed by atoms with van der Waals surface area (Å²) in [5.74, 6) is 0.532. The molecule has 0 atom stereocenters. The van der Waals surface area contributed by atoms with Gasteiger partial charge in [-0.05, 0) is 41.8 Å². The van der Waals surface area contributed by atoms with Crippen LogP contribution in [0.4, 0.5) is 0 Å². The Balaban J connectivity index is 1.65. The Hall–Kier alpha value is -3.28. The molecule has 27 heavy (non-hydrogen) atoms. The number of carbonyl (C=O) groups is 1. The molecule has 1 N–H and O–H groups in total. The van der Waals surface area contributed by atoms with Gasteiger partial charge in [-0.1, -0.05) is 24.3 Å². The lowest BCUT2D eigenvalue weighted by Crippen LogP contribution is -2.35. The van der Waals surface area contributed by atoms with Crippen molar-refractivity contribution in [3.8, 4) is 22.6 Å². The van der Waals surface area contributed by atoms with E-state index in [1.165, 1.54) is 0 Å². The summed E-state index contributed by atoms with van der Waals surface area (Å²) >= 11 is 0. The first-order valence-electron chi connectivity index (χ1n) is 8.92. The summed E-state index contributed by atoms with van der Waals surface area (Å²) < 4.78 is 7.36. The van der Waals surface area contributed by atoms with Gasteiger partial charge in [0.1, 0.15) is 13.2 Å². The molecule has 138 valence electrons. The van der Waals surface area contributed by atoms with Gasteiger partial charge < -0.3 is 14.7 Å². The third-order valence-electron chi connectivity index (χ3n) is 4.78. The number of phenolic OH excluding ortho intramolecular Hbond substituents is 1. The fourth-order valence-corrected chi connectivity index (χ4v) is 3.40. The maximum Gasteiger partial charge on any atom is 0.244 e. The first kappa shape index (κ1) is 17.1. The first-order chi connectivity index (χ1) is 13.1. The van der Waals surface area contributed by atoms with Gasteiger partial charge in [-0.15, -0.1) is 0 Å². The number of aromatic hydroxyl groups is 1. The molecular weight excluding hydrogens is 342 g/mol. The summed E-state index contributed by atoms with van der Waals surface area (Å²) in [6.45, 7) is 3.42. The average Bonchev–Trinajstić information content (AvgIpc) is 3.05. The Morgan fingerprint density at radius 3 is 2.89 bits per heavy atom. The number of hydrogen-bond acceptors (Lipinski definition) is 4. The largest absolute Gasteiger partial charge is 0.504 e. The lowest BCUT2D eigenvalue weighted by molar-refractivity contribution is -0.132. The summed E-state index contributed by atoms with van der Waals surface area (Å²) in [6.07, 6.45) is 3.42. The summed E-state index contributed by atoms with van der Waals surface area (Å²) in [7, 11) is 0. The van der Waals surface area contributed by atoms with Crippen LogP contribution in [0.2, 0.25) is 0 Å². The van der Waals surface area contributed by atoms with Crippen LogP contribution in [-0.2, 0) is 17.9 Å². The molecule has 0 fully saturated rings. The minimum absolute atomic E-state index is 0.0315. The van der Waals surface area contributed by atoms with E-state index in [9.17, 15) is 9.90 Å². The summed E-state index contributed by atoms with van der Waals surface area (Å²) in [5, 5.41) is 14.6. The number of phenols is 1. The molecule has 2 aromatic carbocycles. The van der Waals surface area contributed by atoms with E-state index in [-0.39, 0.29) is 18.2 Å². The van der Waals surface area contributed by atoms with Gasteiger partial charge in [0.25, 0.3) is 0 Å². The second kappa shape index (κ2) is 7.15. The van der Waals surface area contributed by atoms with Gasteiger partial charge in [0.2, 0.25) is 5.91 Å². The molecule has 0 saturated carbocycles. The lowest BCUT2D eigenvalue weighted by Gasteiger charge is -2.20. The number of ether oxygens (including phenoxy) is 1. The fourth-order valence-electron chi connectivity index (χ4n) is 3.40. The van der Waals surface area contributed by atoms with Gasteiger partial charge in [-0.3, -0.25) is 9.48 Å². The minimum Gasteiger partial charge on any atom is -0.504 e. The van der Waals surface area contributed by atoms with Crippen molar-refractivity contribution in [1.82, 2.24) is 14.7 Å².